The second-order valence-corrected chi connectivity index (χ2v) is 23.4. The lowest BCUT2D eigenvalue weighted by atomic mass is 10.0. The van der Waals surface area contributed by atoms with Gasteiger partial charge >= 0.3 is 17.9 Å². The van der Waals surface area contributed by atoms with Crippen LogP contribution in [-0.4, -0.2) is 37.2 Å². The fourth-order valence-electron chi connectivity index (χ4n) is 10.0. The molecule has 0 saturated carbocycles. The highest BCUT2D eigenvalue weighted by Crippen LogP contribution is 2.16. The van der Waals surface area contributed by atoms with E-state index in [-0.39, 0.29) is 31.1 Å². The van der Waals surface area contributed by atoms with Crippen LogP contribution in [0.1, 0.15) is 355 Å². The van der Waals surface area contributed by atoms with Gasteiger partial charge in [0.25, 0.3) is 0 Å². The minimum Gasteiger partial charge on any atom is -0.462 e. The van der Waals surface area contributed by atoms with E-state index in [4.69, 9.17) is 14.2 Å². The van der Waals surface area contributed by atoms with Crippen molar-refractivity contribution in [2.75, 3.05) is 13.2 Å². The van der Waals surface area contributed by atoms with Crippen molar-refractivity contribution in [1.29, 1.82) is 0 Å². The van der Waals surface area contributed by atoms with Crippen molar-refractivity contribution in [2.24, 2.45) is 0 Å². The number of rotatable bonds is 64. The highest BCUT2D eigenvalue weighted by molar-refractivity contribution is 5.71. The highest BCUT2D eigenvalue weighted by Gasteiger charge is 2.19. The van der Waals surface area contributed by atoms with Gasteiger partial charge in [0.05, 0.1) is 0 Å². The van der Waals surface area contributed by atoms with Crippen molar-refractivity contribution < 1.29 is 28.6 Å². The van der Waals surface area contributed by atoms with Crippen LogP contribution in [0.5, 0.6) is 0 Å². The van der Waals surface area contributed by atoms with E-state index in [1.54, 1.807) is 0 Å². The first-order chi connectivity index (χ1) is 40.0. The third-order valence-corrected chi connectivity index (χ3v) is 15.3. The maximum atomic E-state index is 12.9. The Balaban J connectivity index is 4.34. The Kier molecular flexibility index (Phi) is 66.2. The Bertz CT molecular complexity index is 1530. The monoisotopic (exact) mass is 1130 g/mol. The molecule has 0 spiro atoms. The molecule has 81 heavy (non-hydrogen) atoms. The zero-order valence-electron chi connectivity index (χ0n) is 53.8. The van der Waals surface area contributed by atoms with Crippen LogP contribution in [0, 0.1) is 0 Å². The Morgan fingerprint density at radius 2 is 0.444 bits per heavy atom. The molecule has 0 bridgehead atoms. The van der Waals surface area contributed by atoms with Crippen LogP contribution in [0.25, 0.3) is 0 Å². The van der Waals surface area contributed by atoms with Crippen LogP contribution in [0.2, 0.25) is 0 Å². The Morgan fingerprint density at radius 3 is 0.704 bits per heavy atom. The maximum Gasteiger partial charge on any atom is 0.306 e. The maximum absolute atomic E-state index is 12.9. The first-order valence-electron chi connectivity index (χ1n) is 35.1. The number of unbranched alkanes of at least 4 members (excludes halogenated alkanes) is 39. The molecular formula is C75H132O6. The Morgan fingerprint density at radius 1 is 0.247 bits per heavy atom. The lowest BCUT2D eigenvalue weighted by Gasteiger charge is -2.18. The van der Waals surface area contributed by atoms with Gasteiger partial charge in [-0.2, -0.15) is 0 Å². The minimum absolute atomic E-state index is 0.0840. The van der Waals surface area contributed by atoms with E-state index in [2.05, 4.69) is 106 Å². The fourth-order valence-corrected chi connectivity index (χ4v) is 10.0. The summed E-state index contributed by atoms with van der Waals surface area (Å²) in [6.07, 6.45) is 91.7. The molecule has 0 aromatic heterocycles. The summed E-state index contributed by atoms with van der Waals surface area (Å²) in [6, 6.07) is 0. The van der Waals surface area contributed by atoms with Crippen LogP contribution in [0.15, 0.2) is 85.1 Å². The Labute approximate surface area is 503 Å². The first-order valence-corrected chi connectivity index (χ1v) is 35.1. The summed E-state index contributed by atoms with van der Waals surface area (Å²) >= 11 is 0. The quantitative estimate of drug-likeness (QED) is 0.0261. The normalized spacial score (nSPS) is 12.6. The number of hydrogen-bond acceptors (Lipinski definition) is 6. The highest BCUT2D eigenvalue weighted by atomic mass is 16.6. The number of allylic oxidation sites excluding steroid dienone is 14. The van der Waals surface area contributed by atoms with Gasteiger partial charge in [-0.25, -0.2) is 0 Å². The summed E-state index contributed by atoms with van der Waals surface area (Å²) in [5.41, 5.74) is 0. The minimum atomic E-state index is -0.790. The second kappa shape index (κ2) is 69.1. The van der Waals surface area contributed by atoms with Crippen LogP contribution in [0.4, 0.5) is 0 Å². The van der Waals surface area contributed by atoms with E-state index in [0.29, 0.717) is 19.3 Å². The van der Waals surface area contributed by atoms with Gasteiger partial charge in [0.2, 0.25) is 0 Å². The molecule has 0 heterocycles. The molecule has 0 aromatic carbocycles. The smallest absolute Gasteiger partial charge is 0.306 e. The Hall–Kier alpha value is -3.41. The molecule has 0 aliphatic rings. The van der Waals surface area contributed by atoms with E-state index in [9.17, 15) is 14.4 Å². The molecule has 6 nitrogen and oxygen atoms in total. The van der Waals surface area contributed by atoms with Crippen molar-refractivity contribution in [2.45, 2.75) is 361 Å². The van der Waals surface area contributed by atoms with E-state index >= 15 is 0 Å². The molecule has 0 aromatic rings. The molecule has 0 aliphatic carbocycles. The van der Waals surface area contributed by atoms with Crippen molar-refractivity contribution in [1.82, 2.24) is 0 Å². The number of carbonyl (C=O) groups excluding carboxylic acids is 3. The molecule has 0 fully saturated rings. The zero-order chi connectivity index (χ0) is 58.5. The lowest BCUT2D eigenvalue weighted by Crippen LogP contribution is -2.30. The molecule has 468 valence electrons. The summed E-state index contributed by atoms with van der Waals surface area (Å²) in [5, 5.41) is 0. The van der Waals surface area contributed by atoms with Gasteiger partial charge < -0.3 is 14.2 Å². The molecule has 0 radical (unpaired) electrons. The average Bonchev–Trinajstić information content (AvgIpc) is 3.47. The number of esters is 3. The first kappa shape index (κ1) is 77.6. The SMILES string of the molecule is CCCCCCC/C=C\C/C=C\C/C=C\CCCCCCCCCCCCCCC(=O)OCC(COC(=O)CCCCCCC/C=C\CCCCCCCC)OC(=O)CCCCCCCC/C=C\C/C=C\C/C=C\CCCCCCC. The fraction of sp³-hybridized carbons (Fsp3) is 0.773. The molecule has 0 amide bonds. The van der Waals surface area contributed by atoms with E-state index < -0.39 is 6.10 Å². The van der Waals surface area contributed by atoms with Crippen LogP contribution in [0.3, 0.4) is 0 Å². The number of carbonyl (C=O) groups is 3. The number of ether oxygens (including phenoxy) is 3. The number of hydrogen-bond donors (Lipinski definition) is 0. The topological polar surface area (TPSA) is 78.9 Å². The summed E-state index contributed by atoms with van der Waals surface area (Å²) in [5.74, 6) is -0.891. The van der Waals surface area contributed by atoms with Gasteiger partial charge in [-0.3, -0.25) is 14.4 Å². The van der Waals surface area contributed by atoms with Gasteiger partial charge in [-0.15, -0.1) is 0 Å². The molecule has 1 atom stereocenters. The average molecular weight is 1130 g/mol. The molecule has 0 rings (SSSR count). The predicted octanol–water partition coefficient (Wildman–Crippen LogP) is 24.2. The second-order valence-electron chi connectivity index (χ2n) is 23.4. The van der Waals surface area contributed by atoms with Crippen molar-refractivity contribution >= 4 is 17.9 Å². The largest absolute Gasteiger partial charge is 0.462 e. The molecule has 0 N–H and O–H groups in total. The third-order valence-electron chi connectivity index (χ3n) is 15.3. The van der Waals surface area contributed by atoms with Gasteiger partial charge in [0.15, 0.2) is 6.10 Å². The van der Waals surface area contributed by atoms with E-state index in [0.717, 1.165) is 103 Å². The third kappa shape index (κ3) is 67.3. The lowest BCUT2D eigenvalue weighted by molar-refractivity contribution is -0.167. The molecular weight excluding hydrogens is 997 g/mol. The summed E-state index contributed by atoms with van der Waals surface area (Å²) < 4.78 is 17.0. The van der Waals surface area contributed by atoms with Gasteiger partial charge in [-0.05, 0) is 122 Å². The zero-order valence-corrected chi connectivity index (χ0v) is 53.8. The van der Waals surface area contributed by atoms with Gasteiger partial charge in [0.1, 0.15) is 13.2 Å². The van der Waals surface area contributed by atoms with Crippen LogP contribution >= 0.6 is 0 Å². The van der Waals surface area contributed by atoms with Crippen molar-refractivity contribution in [3.63, 3.8) is 0 Å². The van der Waals surface area contributed by atoms with Crippen molar-refractivity contribution in [3.05, 3.63) is 85.1 Å². The van der Waals surface area contributed by atoms with Crippen LogP contribution in [-0.2, 0) is 28.6 Å². The molecule has 0 aliphatic heterocycles. The summed E-state index contributed by atoms with van der Waals surface area (Å²) in [4.78, 5) is 38.4. The van der Waals surface area contributed by atoms with E-state index in [1.807, 2.05) is 0 Å². The summed E-state index contributed by atoms with van der Waals surface area (Å²) in [6.45, 7) is 6.63. The van der Waals surface area contributed by atoms with Crippen molar-refractivity contribution in [3.8, 4) is 0 Å². The van der Waals surface area contributed by atoms with Crippen LogP contribution < -0.4 is 0 Å². The summed E-state index contributed by atoms with van der Waals surface area (Å²) in [7, 11) is 0. The molecule has 0 saturated heterocycles. The predicted molar refractivity (Wildman–Crippen MR) is 353 cm³/mol. The molecule has 6 heteroatoms. The molecule has 1 unspecified atom stereocenters. The standard InChI is InChI=1S/C75H132O6/c1-4-7-10-13-16-19-22-25-28-30-32-34-35-36-37-38-39-41-42-44-47-50-53-56-59-62-65-68-74(77)80-71-72(70-79-73(76)67-64-61-58-55-52-49-46-27-24-21-18-15-12-9-6-3)81-75(78)69-66-63-60-57-54-51-48-45-43-40-33-31-29-26-23-20-17-14-11-8-5-2/h22-23,25-27,30-33,35-36,43,45-46,72H,4-21,24,28-29,34,37-42,44,47-71H2,1-3H3/b25-22-,26-23-,32-30-,33-31-,36-35-,45-43-,46-27-. The van der Waals surface area contributed by atoms with Gasteiger partial charge in [0, 0.05) is 19.3 Å². The van der Waals surface area contributed by atoms with Gasteiger partial charge in [-0.1, -0.05) is 298 Å². The van der Waals surface area contributed by atoms with E-state index in [1.165, 1.54) is 212 Å².